The fraction of sp³-hybridized carbons (Fsp3) is 0.150. The van der Waals surface area contributed by atoms with E-state index in [4.69, 9.17) is 12.2 Å². The van der Waals surface area contributed by atoms with Gasteiger partial charge in [-0.2, -0.15) is 0 Å². The molecule has 1 N–H and O–H groups in total. The molecule has 2 aromatic carbocycles. The van der Waals surface area contributed by atoms with Crippen LogP contribution >= 0.6 is 12.2 Å². The first kappa shape index (κ1) is 17.8. The van der Waals surface area contributed by atoms with Crippen molar-refractivity contribution in [1.82, 2.24) is 10.2 Å². The molecule has 6 heteroatoms. The lowest BCUT2D eigenvalue weighted by molar-refractivity contribution is -0.129. The molecule has 1 fully saturated rings. The van der Waals surface area contributed by atoms with Crippen LogP contribution in [0.25, 0.3) is 6.08 Å². The molecular formula is C20H19N3O2S. The summed E-state index contributed by atoms with van der Waals surface area (Å²) in [7, 11) is 3.90. The zero-order valence-corrected chi connectivity index (χ0v) is 15.4. The minimum absolute atomic E-state index is 0.0761. The quantitative estimate of drug-likeness (QED) is 0.514. The highest BCUT2D eigenvalue weighted by atomic mass is 32.1. The van der Waals surface area contributed by atoms with Crippen molar-refractivity contribution in [2.75, 3.05) is 19.0 Å². The molecule has 0 unspecified atom stereocenters. The molecule has 0 aromatic heterocycles. The largest absolute Gasteiger partial charge is 0.378 e. The van der Waals surface area contributed by atoms with Crippen LogP contribution in [0.3, 0.4) is 0 Å². The Balaban J connectivity index is 1.87. The minimum atomic E-state index is -0.471. The van der Waals surface area contributed by atoms with Crippen LogP contribution in [0.15, 0.2) is 60.2 Å². The molecule has 2 aromatic rings. The van der Waals surface area contributed by atoms with E-state index in [9.17, 15) is 9.59 Å². The van der Waals surface area contributed by atoms with Crippen molar-refractivity contribution >= 4 is 40.9 Å². The van der Waals surface area contributed by atoms with Gasteiger partial charge in [-0.05, 0) is 41.6 Å². The molecule has 132 valence electrons. The molecule has 0 bridgehead atoms. The maximum atomic E-state index is 12.8. The molecule has 1 aliphatic rings. The van der Waals surface area contributed by atoms with Crippen LogP contribution in [0.2, 0.25) is 0 Å². The first-order valence-corrected chi connectivity index (χ1v) is 8.57. The standard InChI is InChI=1S/C20H19N3O2S/c1-22(2)16-10-8-14(9-11-16)12-17-18(24)21-20(26)23(19(17)25)13-15-6-4-3-5-7-15/h3-12H,13H2,1-2H3,(H,21,24,26)/b17-12+. The topological polar surface area (TPSA) is 52.7 Å². The fourth-order valence-electron chi connectivity index (χ4n) is 2.64. The summed E-state index contributed by atoms with van der Waals surface area (Å²) in [5.41, 5.74) is 2.83. The van der Waals surface area contributed by atoms with Gasteiger partial charge in [-0.25, -0.2) is 0 Å². The van der Waals surface area contributed by atoms with E-state index in [1.54, 1.807) is 6.08 Å². The van der Waals surface area contributed by atoms with E-state index in [0.29, 0.717) is 6.54 Å². The van der Waals surface area contributed by atoms with Gasteiger partial charge in [0.05, 0.1) is 6.54 Å². The van der Waals surface area contributed by atoms with Gasteiger partial charge in [0.15, 0.2) is 5.11 Å². The molecule has 3 rings (SSSR count). The number of benzene rings is 2. The molecule has 2 amide bonds. The van der Waals surface area contributed by atoms with Crippen LogP contribution in [0.5, 0.6) is 0 Å². The van der Waals surface area contributed by atoms with E-state index < -0.39 is 5.91 Å². The lowest BCUT2D eigenvalue weighted by Crippen LogP contribution is -2.53. The number of nitrogens with one attached hydrogen (secondary N) is 1. The first-order valence-electron chi connectivity index (χ1n) is 8.16. The van der Waals surface area contributed by atoms with Gasteiger partial charge in [0, 0.05) is 19.8 Å². The van der Waals surface area contributed by atoms with Gasteiger partial charge in [-0.15, -0.1) is 0 Å². The average molecular weight is 365 g/mol. The number of rotatable bonds is 4. The second-order valence-corrected chi connectivity index (χ2v) is 6.57. The predicted octanol–water partition coefficient (Wildman–Crippen LogP) is 2.58. The molecule has 1 aliphatic heterocycles. The second-order valence-electron chi connectivity index (χ2n) is 6.18. The average Bonchev–Trinajstić information content (AvgIpc) is 2.63. The molecule has 0 aliphatic carbocycles. The molecule has 1 heterocycles. The Labute approximate surface area is 157 Å². The third-order valence-electron chi connectivity index (χ3n) is 4.09. The van der Waals surface area contributed by atoms with Crippen LogP contribution in [-0.4, -0.2) is 35.9 Å². The molecule has 0 spiro atoms. The van der Waals surface area contributed by atoms with Crippen LogP contribution in [-0.2, 0) is 16.1 Å². The van der Waals surface area contributed by atoms with Crippen LogP contribution in [0.1, 0.15) is 11.1 Å². The number of carbonyl (C=O) groups excluding carboxylic acids is 2. The number of anilines is 1. The smallest absolute Gasteiger partial charge is 0.265 e. The molecule has 0 radical (unpaired) electrons. The van der Waals surface area contributed by atoms with Crippen LogP contribution < -0.4 is 10.2 Å². The summed E-state index contributed by atoms with van der Waals surface area (Å²) in [6.45, 7) is 0.315. The summed E-state index contributed by atoms with van der Waals surface area (Å²) in [6, 6.07) is 17.1. The monoisotopic (exact) mass is 365 g/mol. The highest BCUT2D eigenvalue weighted by molar-refractivity contribution is 7.80. The Morgan fingerprint density at radius 1 is 1.04 bits per heavy atom. The Morgan fingerprint density at radius 2 is 1.69 bits per heavy atom. The number of hydrogen-bond acceptors (Lipinski definition) is 4. The predicted molar refractivity (Wildman–Crippen MR) is 106 cm³/mol. The van der Waals surface area contributed by atoms with E-state index in [1.165, 1.54) is 4.90 Å². The molecule has 26 heavy (non-hydrogen) atoms. The van der Waals surface area contributed by atoms with Gasteiger partial charge in [-0.3, -0.25) is 19.8 Å². The van der Waals surface area contributed by atoms with E-state index >= 15 is 0 Å². The molecule has 5 nitrogen and oxygen atoms in total. The third kappa shape index (κ3) is 3.81. The van der Waals surface area contributed by atoms with Crippen molar-refractivity contribution in [3.05, 3.63) is 71.3 Å². The lowest BCUT2D eigenvalue weighted by Gasteiger charge is -2.29. The number of amides is 2. The molecule has 0 saturated carbocycles. The zero-order chi connectivity index (χ0) is 18.7. The Kier molecular flexibility index (Phi) is 5.14. The number of hydrogen-bond donors (Lipinski definition) is 1. The van der Waals surface area contributed by atoms with Gasteiger partial charge in [0.25, 0.3) is 11.8 Å². The van der Waals surface area contributed by atoms with Gasteiger partial charge < -0.3 is 4.90 Å². The highest BCUT2D eigenvalue weighted by Crippen LogP contribution is 2.19. The Bertz CT molecular complexity index is 874. The normalized spacial score (nSPS) is 16.0. The summed E-state index contributed by atoms with van der Waals surface area (Å²) in [5.74, 6) is -0.861. The lowest BCUT2D eigenvalue weighted by atomic mass is 10.1. The van der Waals surface area contributed by atoms with Gasteiger partial charge in [0.1, 0.15) is 5.57 Å². The number of nitrogens with zero attached hydrogens (tertiary/aromatic N) is 2. The fourth-order valence-corrected chi connectivity index (χ4v) is 2.88. The summed E-state index contributed by atoms with van der Waals surface area (Å²) in [6.07, 6.45) is 1.59. The number of thiocarbonyl (C=S) groups is 1. The van der Waals surface area contributed by atoms with Gasteiger partial charge in [-0.1, -0.05) is 42.5 Å². The highest BCUT2D eigenvalue weighted by Gasteiger charge is 2.33. The Morgan fingerprint density at radius 3 is 2.31 bits per heavy atom. The minimum Gasteiger partial charge on any atom is -0.378 e. The van der Waals surface area contributed by atoms with Crippen molar-refractivity contribution in [1.29, 1.82) is 0 Å². The zero-order valence-electron chi connectivity index (χ0n) is 14.6. The first-order chi connectivity index (χ1) is 12.5. The maximum Gasteiger partial charge on any atom is 0.265 e. The van der Waals surface area contributed by atoms with Gasteiger partial charge in [0.2, 0.25) is 0 Å². The van der Waals surface area contributed by atoms with Crippen molar-refractivity contribution in [3.8, 4) is 0 Å². The summed E-state index contributed by atoms with van der Waals surface area (Å²) in [5, 5.41) is 2.73. The van der Waals surface area contributed by atoms with E-state index in [0.717, 1.165) is 16.8 Å². The molecule has 0 atom stereocenters. The van der Waals surface area contributed by atoms with Crippen molar-refractivity contribution in [2.24, 2.45) is 0 Å². The maximum absolute atomic E-state index is 12.8. The molecular weight excluding hydrogens is 346 g/mol. The van der Waals surface area contributed by atoms with Crippen molar-refractivity contribution in [2.45, 2.75) is 6.54 Å². The number of carbonyl (C=O) groups is 2. The summed E-state index contributed by atoms with van der Waals surface area (Å²) in [4.78, 5) is 28.5. The van der Waals surface area contributed by atoms with Gasteiger partial charge >= 0.3 is 0 Å². The molecule has 1 saturated heterocycles. The third-order valence-corrected chi connectivity index (χ3v) is 4.41. The van der Waals surface area contributed by atoms with Crippen molar-refractivity contribution < 1.29 is 9.59 Å². The van der Waals surface area contributed by atoms with E-state index in [2.05, 4.69) is 5.32 Å². The van der Waals surface area contributed by atoms with Crippen LogP contribution in [0, 0.1) is 0 Å². The van der Waals surface area contributed by atoms with Crippen molar-refractivity contribution in [3.63, 3.8) is 0 Å². The summed E-state index contributed by atoms with van der Waals surface area (Å²) >= 11 is 5.18. The Hall–Kier alpha value is -2.99. The van der Waals surface area contributed by atoms with Crippen LogP contribution in [0.4, 0.5) is 5.69 Å². The second kappa shape index (κ2) is 7.49. The van der Waals surface area contributed by atoms with E-state index in [-0.39, 0.29) is 16.6 Å². The SMILES string of the molecule is CN(C)c1ccc(/C=C2\C(=O)NC(=S)N(Cc3ccccc3)C2=O)cc1. The van der Waals surface area contributed by atoms with E-state index in [1.807, 2.05) is 73.6 Å². The summed E-state index contributed by atoms with van der Waals surface area (Å²) < 4.78 is 0.